The smallest absolute Gasteiger partial charge is 0.148 e. The molecule has 18 heavy (non-hydrogen) atoms. The second-order valence-corrected chi connectivity index (χ2v) is 4.04. The Bertz CT molecular complexity index is 524. The largest absolute Gasteiger partial charge is 0.399 e. The summed E-state index contributed by atoms with van der Waals surface area (Å²) in [6.07, 6.45) is 0.699. The average molecular weight is 248 g/mol. The summed E-state index contributed by atoms with van der Waals surface area (Å²) in [6.45, 7) is 0.576. The monoisotopic (exact) mass is 248 g/mol. The van der Waals surface area contributed by atoms with Crippen LogP contribution in [0.25, 0.3) is 0 Å². The molecule has 2 nitrogen and oxygen atoms in total. The topological polar surface area (TPSA) is 38.0 Å². The lowest BCUT2D eigenvalue weighted by atomic mass is 10.1. The zero-order valence-electron chi connectivity index (χ0n) is 9.79. The molecule has 94 valence electrons. The van der Waals surface area contributed by atoms with Crippen molar-refractivity contribution < 1.29 is 8.78 Å². The molecular formula is C14H14F2N2. The lowest BCUT2D eigenvalue weighted by Crippen LogP contribution is -2.06. The van der Waals surface area contributed by atoms with Gasteiger partial charge in [-0.05, 0) is 42.3 Å². The van der Waals surface area contributed by atoms with Crippen molar-refractivity contribution in [2.75, 3.05) is 17.6 Å². The van der Waals surface area contributed by atoms with Crippen LogP contribution in [-0.2, 0) is 6.42 Å². The van der Waals surface area contributed by atoms with E-state index in [0.717, 1.165) is 5.56 Å². The van der Waals surface area contributed by atoms with Crippen molar-refractivity contribution in [1.29, 1.82) is 0 Å². The van der Waals surface area contributed by atoms with Gasteiger partial charge in [-0.25, -0.2) is 8.78 Å². The van der Waals surface area contributed by atoms with Gasteiger partial charge >= 0.3 is 0 Å². The highest BCUT2D eigenvalue weighted by Crippen LogP contribution is 2.16. The maximum Gasteiger partial charge on any atom is 0.148 e. The van der Waals surface area contributed by atoms with E-state index in [1.807, 2.05) is 0 Å². The highest BCUT2D eigenvalue weighted by molar-refractivity contribution is 5.52. The minimum absolute atomic E-state index is 0.253. The first kappa shape index (κ1) is 12.4. The van der Waals surface area contributed by atoms with Gasteiger partial charge in [0, 0.05) is 12.2 Å². The van der Waals surface area contributed by atoms with Crippen molar-refractivity contribution in [2.45, 2.75) is 6.42 Å². The number of anilines is 2. The quantitative estimate of drug-likeness (QED) is 0.815. The summed E-state index contributed by atoms with van der Waals surface area (Å²) in [4.78, 5) is 0. The number of hydrogen-bond acceptors (Lipinski definition) is 2. The maximum atomic E-state index is 13.4. The summed E-state index contributed by atoms with van der Waals surface area (Å²) < 4.78 is 26.1. The Kier molecular flexibility index (Phi) is 3.77. The highest BCUT2D eigenvalue weighted by atomic mass is 19.1. The molecule has 0 saturated heterocycles. The first-order valence-electron chi connectivity index (χ1n) is 5.68. The zero-order valence-corrected chi connectivity index (χ0v) is 9.79. The fourth-order valence-corrected chi connectivity index (χ4v) is 1.67. The number of rotatable bonds is 4. The summed E-state index contributed by atoms with van der Waals surface area (Å²) in [5.74, 6) is -0.620. The number of nitrogen functional groups attached to an aromatic ring is 1. The summed E-state index contributed by atoms with van der Waals surface area (Å²) in [5, 5.41) is 2.98. The lowest BCUT2D eigenvalue weighted by molar-refractivity contribution is 0.627. The minimum atomic E-state index is -0.367. The molecule has 3 N–H and O–H groups in total. The first-order chi connectivity index (χ1) is 8.65. The number of nitrogens with two attached hydrogens (primary N) is 1. The first-order valence-corrected chi connectivity index (χ1v) is 5.68. The molecule has 0 unspecified atom stereocenters. The Morgan fingerprint density at radius 3 is 2.39 bits per heavy atom. The molecule has 0 atom stereocenters. The third-order valence-electron chi connectivity index (χ3n) is 2.64. The highest BCUT2D eigenvalue weighted by Gasteiger charge is 2.01. The lowest BCUT2D eigenvalue weighted by Gasteiger charge is -2.08. The second kappa shape index (κ2) is 5.49. The van der Waals surface area contributed by atoms with Gasteiger partial charge in [-0.3, -0.25) is 0 Å². The Labute approximate surface area is 104 Å². The van der Waals surface area contributed by atoms with Gasteiger partial charge in [0.25, 0.3) is 0 Å². The fourth-order valence-electron chi connectivity index (χ4n) is 1.67. The van der Waals surface area contributed by atoms with E-state index < -0.39 is 0 Å². The van der Waals surface area contributed by atoms with Crippen LogP contribution >= 0.6 is 0 Å². The standard InChI is InChI=1S/C14H14F2N2/c15-11-3-1-10(2-4-11)7-8-18-14-6-5-12(17)9-13(14)16/h1-6,9,18H,7-8,17H2. The van der Waals surface area contributed by atoms with Gasteiger partial charge in [0.1, 0.15) is 11.6 Å². The average Bonchev–Trinajstić information content (AvgIpc) is 2.34. The van der Waals surface area contributed by atoms with E-state index in [0.29, 0.717) is 24.3 Å². The molecule has 2 aromatic carbocycles. The van der Waals surface area contributed by atoms with Crippen LogP contribution in [0, 0.1) is 11.6 Å². The molecule has 2 rings (SSSR count). The van der Waals surface area contributed by atoms with Gasteiger partial charge in [0.2, 0.25) is 0 Å². The Balaban J connectivity index is 1.90. The maximum absolute atomic E-state index is 13.4. The summed E-state index contributed by atoms with van der Waals surface area (Å²) in [5.41, 5.74) is 7.28. The van der Waals surface area contributed by atoms with Crippen molar-refractivity contribution >= 4 is 11.4 Å². The predicted molar refractivity (Wildman–Crippen MR) is 69.4 cm³/mol. The molecule has 0 aliphatic heterocycles. The summed E-state index contributed by atoms with van der Waals surface area (Å²) in [7, 11) is 0. The van der Waals surface area contributed by atoms with E-state index in [1.165, 1.54) is 18.2 Å². The molecule has 0 fully saturated rings. The van der Waals surface area contributed by atoms with Crippen molar-refractivity contribution in [3.8, 4) is 0 Å². The van der Waals surface area contributed by atoms with Crippen LogP contribution in [0.1, 0.15) is 5.56 Å². The molecule has 0 radical (unpaired) electrons. The SMILES string of the molecule is Nc1ccc(NCCc2ccc(F)cc2)c(F)c1. The number of halogens is 2. The van der Waals surface area contributed by atoms with E-state index >= 15 is 0 Å². The number of hydrogen-bond donors (Lipinski definition) is 2. The molecule has 0 amide bonds. The van der Waals surface area contributed by atoms with Crippen LogP contribution in [0.2, 0.25) is 0 Å². The van der Waals surface area contributed by atoms with Gasteiger partial charge in [0.15, 0.2) is 0 Å². The molecule has 0 bridgehead atoms. The minimum Gasteiger partial charge on any atom is -0.399 e. The van der Waals surface area contributed by atoms with Gasteiger partial charge in [-0.1, -0.05) is 12.1 Å². The summed E-state index contributed by atoms with van der Waals surface area (Å²) in [6, 6.07) is 10.8. The molecule has 0 aromatic heterocycles. The fraction of sp³-hybridized carbons (Fsp3) is 0.143. The van der Waals surface area contributed by atoms with Gasteiger partial charge in [-0.2, -0.15) is 0 Å². The van der Waals surface area contributed by atoms with Crippen LogP contribution in [0.5, 0.6) is 0 Å². The number of nitrogens with one attached hydrogen (secondary N) is 1. The van der Waals surface area contributed by atoms with Crippen molar-refractivity contribution in [1.82, 2.24) is 0 Å². The summed E-state index contributed by atoms with van der Waals surface area (Å²) >= 11 is 0. The molecule has 0 saturated carbocycles. The molecule has 0 aliphatic carbocycles. The Hall–Kier alpha value is -2.10. The molecule has 0 spiro atoms. The number of benzene rings is 2. The predicted octanol–water partition coefficient (Wildman–Crippen LogP) is 3.20. The van der Waals surface area contributed by atoms with Crippen molar-refractivity contribution in [2.24, 2.45) is 0 Å². The van der Waals surface area contributed by atoms with Crippen LogP contribution in [0.3, 0.4) is 0 Å². The Morgan fingerprint density at radius 1 is 1.00 bits per heavy atom. The molecule has 2 aromatic rings. The van der Waals surface area contributed by atoms with Gasteiger partial charge in [-0.15, -0.1) is 0 Å². The molecule has 0 aliphatic rings. The van der Waals surface area contributed by atoms with E-state index in [9.17, 15) is 8.78 Å². The van der Waals surface area contributed by atoms with Crippen LogP contribution in [-0.4, -0.2) is 6.54 Å². The van der Waals surface area contributed by atoms with Crippen molar-refractivity contribution in [3.63, 3.8) is 0 Å². The van der Waals surface area contributed by atoms with Crippen LogP contribution in [0.15, 0.2) is 42.5 Å². The van der Waals surface area contributed by atoms with E-state index in [4.69, 9.17) is 5.73 Å². The molecular weight excluding hydrogens is 234 g/mol. The third kappa shape index (κ3) is 3.20. The van der Waals surface area contributed by atoms with Crippen molar-refractivity contribution in [3.05, 3.63) is 59.7 Å². The Morgan fingerprint density at radius 2 is 1.72 bits per heavy atom. The van der Waals surface area contributed by atoms with E-state index in [-0.39, 0.29) is 11.6 Å². The van der Waals surface area contributed by atoms with Gasteiger partial charge < -0.3 is 11.1 Å². The molecule has 0 heterocycles. The van der Waals surface area contributed by atoms with Crippen LogP contribution in [0.4, 0.5) is 20.2 Å². The van der Waals surface area contributed by atoms with Gasteiger partial charge in [0.05, 0.1) is 5.69 Å². The van der Waals surface area contributed by atoms with E-state index in [2.05, 4.69) is 5.32 Å². The third-order valence-corrected chi connectivity index (χ3v) is 2.64. The van der Waals surface area contributed by atoms with E-state index in [1.54, 1.807) is 24.3 Å². The molecule has 4 heteroatoms. The normalized spacial score (nSPS) is 10.3. The second-order valence-electron chi connectivity index (χ2n) is 4.04. The van der Waals surface area contributed by atoms with Crippen LogP contribution < -0.4 is 11.1 Å². The zero-order chi connectivity index (χ0) is 13.0.